The summed E-state index contributed by atoms with van der Waals surface area (Å²) >= 11 is 0. The Balaban J connectivity index is 4.68. The van der Waals surface area contributed by atoms with Gasteiger partial charge in [-0.15, -0.1) is 0 Å². The van der Waals surface area contributed by atoms with E-state index in [0.717, 1.165) is 167 Å². The first-order chi connectivity index (χ1) is 47.2. The maximum atomic E-state index is 12.9. The molecule has 97 heavy (non-hydrogen) atoms. The van der Waals surface area contributed by atoms with Gasteiger partial charge >= 0.3 is 33.6 Å². The highest BCUT2D eigenvalue weighted by Crippen LogP contribution is 2.45. The molecule has 5 atom stereocenters. The standard InChI is InChI=1S/C79H128O16P2/c1-4-7-10-13-16-19-22-25-28-30-32-34-35-36-37-39-41-42-45-47-50-53-56-59-62-65-77(82)89-68-74(80)69-91-96(85,86)92-70-75(81)71-93-97(87,88)94-73-76(95-79(84)67-64-61-58-55-52-49-44-27-24-21-18-15-12-9-6-3)72-90-78(83)66-63-60-57-54-51-48-46-43-40-38-33-31-29-26-23-20-17-14-11-8-5-2/h7-12,16-21,25-29,32-34,36-38,43-44,46,51,54,74-76,80-81H,4-6,13-15,22-24,30-31,35,39-42,45,47-50,52-53,55-73H2,1-3H3,(H,85,86)(H,87,88)/b10-7-,11-8-,12-9-,19-16-,20-17-,21-18-,28-25-,29-26-,34-32-,37-36-,38-33-,44-27-,46-43-,54-51-. The fraction of sp³-hybridized carbons (Fsp3) is 0.608. The predicted octanol–water partition coefficient (Wildman–Crippen LogP) is 20.9. The highest BCUT2D eigenvalue weighted by atomic mass is 31.2. The molecule has 0 amide bonds. The number of carbonyl (C=O) groups is 3. The van der Waals surface area contributed by atoms with Crippen molar-refractivity contribution in [3.63, 3.8) is 0 Å². The Morgan fingerprint density at radius 3 is 0.835 bits per heavy atom. The molecule has 18 heteroatoms. The van der Waals surface area contributed by atoms with Gasteiger partial charge in [0.1, 0.15) is 25.4 Å². The number of carbonyl (C=O) groups excluding carboxylic acids is 3. The Morgan fingerprint density at radius 1 is 0.289 bits per heavy atom. The Morgan fingerprint density at radius 2 is 0.515 bits per heavy atom. The second-order valence-corrected chi connectivity index (χ2v) is 26.5. The average Bonchev–Trinajstić information content (AvgIpc) is 2.08. The molecular formula is C79H128O16P2. The summed E-state index contributed by atoms with van der Waals surface area (Å²) in [6.07, 6.45) is 88.3. The van der Waals surface area contributed by atoms with Gasteiger partial charge in [-0.2, -0.15) is 0 Å². The Bertz CT molecular complexity index is 2440. The van der Waals surface area contributed by atoms with Gasteiger partial charge in [-0.3, -0.25) is 32.5 Å². The zero-order valence-electron chi connectivity index (χ0n) is 59.7. The van der Waals surface area contributed by atoms with Crippen molar-refractivity contribution in [1.82, 2.24) is 0 Å². The number of unbranched alkanes of at least 4 members (excludes halogenated alkanes) is 16. The molecule has 0 rings (SSSR count). The third-order valence-corrected chi connectivity index (χ3v) is 16.3. The SMILES string of the molecule is CC/C=C\C/C=C\C/C=C\C/C=C\C/C=C\C/C=C\CCCCC(=O)OCC(COP(=O)(O)OCC(O)COP(=O)(O)OCC(O)COC(=O)CCCCCCCCCCC/C=C\C/C=C\C/C=C\C/C=C\C/C=C\CC)OC(=O)CCCCCCC/C=C\C/C=C\C/C=C\CC. The summed E-state index contributed by atoms with van der Waals surface area (Å²) in [6, 6.07) is 0. The van der Waals surface area contributed by atoms with Gasteiger partial charge in [-0.25, -0.2) is 9.13 Å². The van der Waals surface area contributed by atoms with E-state index in [0.29, 0.717) is 19.3 Å². The van der Waals surface area contributed by atoms with E-state index in [2.05, 4.69) is 191 Å². The average molecular weight is 1400 g/mol. The molecule has 0 radical (unpaired) electrons. The molecule has 0 saturated carbocycles. The molecule has 0 aliphatic heterocycles. The first-order valence-corrected chi connectivity index (χ1v) is 39.4. The lowest BCUT2D eigenvalue weighted by molar-refractivity contribution is -0.161. The van der Waals surface area contributed by atoms with Crippen LogP contribution in [0.2, 0.25) is 0 Å². The molecule has 5 unspecified atom stereocenters. The lowest BCUT2D eigenvalue weighted by atomic mass is 10.1. The van der Waals surface area contributed by atoms with Crippen molar-refractivity contribution in [2.24, 2.45) is 0 Å². The maximum Gasteiger partial charge on any atom is 0.472 e. The summed E-state index contributed by atoms with van der Waals surface area (Å²) in [5, 5.41) is 20.6. The number of aliphatic hydroxyl groups excluding tert-OH is 2. The van der Waals surface area contributed by atoms with Gasteiger partial charge in [0.05, 0.1) is 26.4 Å². The number of phosphoric acid groups is 2. The monoisotopic (exact) mass is 1390 g/mol. The van der Waals surface area contributed by atoms with E-state index in [9.17, 15) is 43.5 Å². The van der Waals surface area contributed by atoms with Crippen molar-refractivity contribution < 1.29 is 75.8 Å². The second kappa shape index (κ2) is 70.8. The number of ether oxygens (including phenoxy) is 3. The molecule has 0 aromatic heterocycles. The Hall–Kier alpha value is -5.09. The van der Waals surface area contributed by atoms with Crippen LogP contribution in [-0.2, 0) is 55.8 Å². The fourth-order valence-electron chi connectivity index (χ4n) is 8.97. The van der Waals surface area contributed by atoms with Crippen LogP contribution in [0.1, 0.15) is 252 Å². The van der Waals surface area contributed by atoms with E-state index in [4.69, 9.17) is 32.3 Å². The maximum absolute atomic E-state index is 12.9. The number of hydrogen-bond donors (Lipinski definition) is 4. The minimum absolute atomic E-state index is 0.0685. The smallest absolute Gasteiger partial charge is 0.463 e. The quantitative estimate of drug-likeness (QED) is 0.0146. The summed E-state index contributed by atoms with van der Waals surface area (Å²) in [5.74, 6) is -1.66. The molecule has 0 aromatic rings. The fourth-order valence-corrected chi connectivity index (χ4v) is 10.6. The molecular weight excluding hydrogens is 1270 g/mol. The van der Waals surface area contributed by atoms with E-state index in [1.807, 2.05) is 0 Å². The number of phosphoric ester groups is 2. The molecule has 0 fully saturated rings. The van der Waals surface area contributed by atoms with Crippen molar-refractivity contribution in [2.75, 3.05) is 39.6 Å². The van der Waals surface area contributed by atoms with Crippen LogP contribution >= 0.6 is 15.6 Å². The summed E-state index contributed by atoms with van der Waals surface area (Å²) < 4.78 is 60.9. The number of hydrogen-bond acceptors (Lipinski definition) is 14. The predicted molar refractivity (Wildman–Crippen MR) is 398 cm³/mol. The Kier molecular flexibility index (Phi) is 67.0. The lowest BCUT2D eigenvalue weighted by Gasteiger charge is -2.21. The van der Waals surface area contributed by atoms with Crippen LogP contribution in [0.5, 0.6) is 0 Å². The second-order valence-electron chi connectivity index (χ2n) is 23.6. The van der Waals surface area contributed by atoms with Crippen LogP contribution in [0.4, 0.5) is 0 Å². The van der Waals surface area contributed by atoms with Crippen LogP contribution in [0.3, 0.4) is 0 Å². The van der Waals surface area contributed by atoms with Crippen LogP contribution in [0.25, 0.3) is 0 Å². The van der Waals surface area contributed by atoms with Crippen molar-refractivity contribution in [2.45, 2.75) is 270 Å². The van der Waals surface area contributed by atoms with Crippen molar-refractivity contribution in [3.8, 4) is 0 Å². The number of esters is 3. The molecule has 0 spiro atoms. The number of aliphatic hydroxyl groups is 2. The highest BCUT2D eigenvalue weighted by Gasteiger charge is 2.29. The van der Waals surface area contributed by atoms with Crippen molar-refractivity contribution in [1.29, 1.82) is 0 Å². The summed E-state index contributed by atoms with van der Waals surface area (Å²) in [7, 11) is -9.82. The van der Waals surface area contributed by atoms with Gasteiger partial charge in [0.15, 0.2) is 6.10 Å². The summed E-state index contributed by atoms with van der Waals surface area (Å²) in [5.41, 5.74) is 0. The van der Waals surface area contributed by atoms with E-state index in [1.165, 1.54) is 25.7 Å². The van der Waals surface area contributed by atoms with Crippen LogP contribution < -0.4 is 0 Å². The zero-order chi connectivity index (χ0) is 70.9. The zero-order valence-corrected chi connectivity index (χ0v) is 61.5. The van der Waals surface area contributed by atoms with Gasteiger partial charge in [-0.05, 0) is 148 Å². The normalized spacial score (nSPS) is 15.1. The van der Waals surface area contributed by atoms with E-state index in [1.54, 1.807) is 0 Å². The molecule has 4 N–H and O–H groups in total. The van der Waals surface area contributed by atoms with Gasteiger partial charge in [0.25, 0.3) is 0 Å². The van der Waals surface area contributed by atoms with Crippen molar-refractivity contribution in [3.05, 3.63) is 170 Å². The largest absolute Gasteiger partial charge is 0.472 e. The van der Waals surface area contributed by atoms with Crippen LogP contribution in [0, 0.1) is 0 Å². The van der Waals surface area contributed by atoms with Crippen LogP contribution in [-0.4, -0.2) is 95.9 Å². The third kappa shape index (κ3) is 72.0. The first kappa shape index (κ1) is 91.9. The third-order valence-electron chi connectivity index (χ3n) is 14.4. The lowest BCUT2D eigenvalue weighted by Crippen LogP contribution is -2.30. The number of allylic oxidation sites excluding steroid dienone is 28. The van der Waals surface area contributed by atoms with Crippen molar-refractivity contribution >= 4 is 33.6 Å². The van der Waals surface area contributed by atoms with E-state index >= 15 is 0 Å². The van der Waals surface area contributed by atoms with Gasteiger partial charge in [0.2, 0.25) is 0 Å². The first-order valence-electron chi connectivity index (χ1n) is 36.4. The number of rotatable bonds is 67. The molecule has 0 bridgehead atoms. The molecule has 16 nitrogen and oxygen atoms in total. The Labute approximate surface area is 586 Å². The van der Waals surface area contributed by atoms with E-state index < -0.39 is 91.5 Å². The van der Waals surface area contributed by atoms with Gasteiger partial charge in [0, 0.05) is 19.3 Å². The summed E-state index contributed by atoms with van der Waals surface area (Å²) in [6.45, 7) is 2.23. The molecule has 550 valence electrons. The molecule has 0 saturated heterocycles. The highest BCUT2D eigenvalue weighted by molar-refractivity contribution is 7.47. The van der Waals surface area contributed by atoms with E-state index in [-0.39, 0.29) is 19.3 Å². The van der Waals surface area contributed by atoms with Crippen LogP contribution in [0.15, 0.2) is 170 Å². The minimum Gasteiger partial charge on any atom is -0.463 e. The van der Waals surface area contributed by atoms with Gasteiger partial charge < -0.3 is 34.2 Å². The molecule has 0 aromatic carbocycles. The molecule has 0 heterocycles. The summed E-state index contributed by atoms with van der Waals surface area (Å²) in [4.78, 5) is 58.5. The topological polar surface area (TPSA) is 231 Å². The van der Waals surface area contributed by atoms with Gasteiger partial charge in [-0.1, -0.05) is 255 Å². The molecule has 0 aliphatic carbocycles. The minimum atomic E-state index is -4.95. The molecule has 0 aliphatic rings.